The number of thiocarbonyl (C=S) groups is 1. The average molecular weight is 238 g/mol. The predicted octanol–water partition coefficient (Wildman–Crippen LogP) is 1.29. The van der Waals surface area contributed by atoms with Crippen molar-refractivity contribution in [2.45, 2.75) is 6.23 Å². The molecular weight excluding hydrogens is 226 g/mol. The van der Waals surface area contributed by atoms with Gasteiger partial charge in [0.25, 0.3) is 0 Å². The number of carbonyl (C=O) groups excluding carboxylic acids is 1. The first-order valence-electron chi connectivity index (χ1n) is 4.89. The maximum absolute atomic E-state index is 11.6. The molecule has 0 saturated heterocycles. The molecule has 0 fully saturated rings. The first-order chi connectivity index (χ1) is 7.65. The zero-order chi connectivity index (χ0) is 11.7. The van der Waals surface area contributed by atoms with Crippen LogP contribution in [0.2, 0.25) is 0 Å². The van der Waals surface area contributed by atoms with Crippen molar-refractivity contribution in [2.75, 3.05) is 14.1 Å². The number of hydrogen-bond donors (Lipinski definition) is 1. The van der Waals surface area contributed by atoms with Crippen molar-refractivity contribution in [3.05, 3.63) is 35.4 Å². The van der Waals surface area contributed by atoms with Gasteiger partial charge in [0, 0.05) is 19.7 Å². The van der Waals surface area contributed by atoms with Crippen molar-refractivity contribution in [3.63, 3.8) is 0 Å². The van der Waals surface area contributed by atoms with Crippen LogP contribution in [0.25, 0.3) is 0 Å². The minimum absolute atomic E-state index is 0.300. The molecule has 0 aromatic heterocycles. The normalized spacial score (nSPS) is 17.6. The van der Waals surface area contributed by atoms with E-state index in [-0.39, 0.29) is 5.97 Å². The van der Waals surface area contributed by atoms with Crippen molar-refractivity contribution in [1.29, 1.82) is 0 Å². The lowest BCUT2D eigenvalue weighted by Gasteiger charge is -2.25. The largest absolute Gasteiger partial charge is 0.433 e. The van der Waals surface area contributed by atoms with Gasteiger partial charge in [0.05, 0.1) is 5.56 Å². The summed E-state index contributed by atoms with van der Waals surface area (Å²) in [6, 6.07) is 7.33. The third kappa shape index (κ3) is 1.63. The van der Waals surface area contributed by atoms with Crippen LogP contribution in [0.5, 0.6) is 0 Å². The summed E-state index contributed by atoms with van der Waals surface area (Å²) < 4.78 is 5.28. The number of ether oxygens (including phenoxy) is 1. The van der Waals surface area contributed by atoms with Crippen molar-refractivity contribution >= 4 is 23.3 Å². The highest BCUT2D eigenvalue weighted by atomic mass is 32.1. The molecule has 1 atom stereocenters. The van der Waals surface area contributed by atoms with Crippen LogP contribution in [-0.2, 0) is 4.74 Å². The van der Waals surface area contributed by atoms with Crippen molar-refractivity contribution < 1.29 is 9.53 Å². The number of esters is 1. The van der Waals surface area contributed by atoms with Crippen LogP contribution >= 0.6 is 12.2 Å². The summed E-state index contributed by atoms with van der Waals surface area (Å²) in [4.78, 5) is 13.3. The van der Waals surface area contributed by atoms with Gasteiger partial charge in [-0.15, -0.1) is 0 Å². The lowest BCUT2D eigenvalue weighted by molar-refractivity contribution is 0.00925. The number of cyclic esters (lactones) is 1. The van der Waals surface area contributed by atoms with Crippen LogP contribution in [-0.4, -0.2) is 30.1 Å². The second kappa shape index (κ2) is 4.09. The third-order valence-corrected chi connectivity index (χ3v) is 3.04. The fourth-order valence-electron chi connectivity index (χ4n) is 1.70. The summed E-state index contributed by atoms with van der Waals surface area (Å²) in [6.07, 6.45) is -0.427. The maximum Gasteiger partial charge on any atom is 0.340 e. The molecule has 16 heavy (non-hydrogen) atoms. The SMILES string of the molecule is CNC(=S)N(C)C1OC(=[18O])c2ccccc21. The maximum atomic E-state index is 11.6. The number of carbonyl (C=O) groups is 1. The number of rotatable bonds is 1. The summed E-state index contributed by atoms with van der Waals surface area (Å²) >= 11 is 5.11. The van der Waals surface area contributed by atoms with Crippen LogP contribution in [0.3, 0.4) is 0 Å². The van der Waals surface area contributed by atoms with Crippen molar-refractivity contribution in [2.24, 2.45) is 0 Å². The first-order valence-corrected chi connectivity index (χ1v) is 5.30. The van der Waals surface area contributed by atoms with Gasteiger partial charge >= 0.3 is 5.97 Å². The summed E-state index contributed by atoms with van der Waals surface area (Å²) in [7, 11) is 3.53. The summed E-state index contributed by atoms with van der Waals surface area (Å²) in [5.41, 5.74) is 1.46. The fourth-order valence-corrected chi connectivity index (χ4v) is 1.79. The Kier molecular flexibility index (Phi) is 2.78. The molecule has 2 rings (SSSR count). The molecule has 0 saturated carbocycles. The highest BCUT2D eigenvalue weighted by Gasteiger charge is 2.34. The van der Waals surface area contributed by atoms with Crippen molar-refractivity contribution in [1.82, 2.24) is 10.2 Å². The van der Waals surface area contributed by atoms with Gasteiger partial charge in [-0.25, -0.2) is 4.79 Å². The lowest BCUT2D eigenvalue weighted by Crippen LogP contribution is -2.37. The van der Waals surface area contributed by atoms with Gasteiger partial charge in [-0.05, 0) is 18.3 Å². The van der Waals surface area contributed by atoms with Gasteiger partial charge in [0.2, 0.25) is 6.23 Å². The first kappa shape index (κ1) is 10.9. The van der Waals surface area contributed by atoms with Crippen LogP contribution in [0.15, 0.2) is 24.3 Å². The topological polar surface area (TPSA) is 41.6 Å². The van der Waals surface area contributed by atoms with Gasteiger partial charge in [0.1, 0.15) is 0 Å². The molecule has 1 N–H and O–H groups in total. The third-order valence-electron chi connectivity index (χ3n) is 2.55. The quantitative estimate of drug-likeness (QED) is 0.453. The molecule has 4 nitrogen and oxygen atoms in total. The predicted molar refractivity (Wildman–Crippen MR) is 64.0 cm³/mol. The Hall–Kier alpha value is -1.62. The minimum atomic E-state index is -0.427. The van der Waals surface area contributed by atoms with E-state index >= 15 is 0 Å². The molecule has 1 unspecified atom stereocenters. The van der Waals surface area contributed by atoms with Crippen LogP contribution in [0.1, 0.15) is 22.1 Å². The highest BCUT2D eigenvalue weighted by molar-refractivity contribution is 7.80. The zero-order valence-electron chi connectivity index (χ0n) is 9.06. The Morgan fingerprint density at radius 1 is 1.50 bits per heavy atom. The molecule has 0 spiro atoms. The second-order valence-corrected chi connectivity index (χ2v) is 3.90. The van der Waals surface area contributed by atoms with Crippen molar-refractivity contribution in [3.8, 4) is 0 Å². The lowest BCUT2D eigenvalue weighted by atomic mass is 10.1. The van der Waals surface area contributed by atoms with E-state index in [1.807, 2.05) is 18.2 Å². The average Bonchev–Trinajstić information content (AvgIpc) is 2.65. The Labute approximate surface area is 99.2 Å². The smallest absolute Gasteiger partial charge is 0.340 e. The van der Waals surface area contributed by atoms with Gasteiger partial charge in [-0.2, -0.15) is 0 Å². The van der Waals surface area contributed by atoms with E-state index in [1.54, 1.807) is 25.1 Å². The van der Waals surface area contributed by atoms with Crippen LogP contribution in [0, 0.1) is 0 Å². The number of fused-ring (bicyclic) bond motifs is 1. The highest BCUT2D eigenvalue weighted by Crippen LogP contribution is 2.32. The van der Waals surface area contributed by atoms with Crippen LogP contribution in [0.4, 0.5) is 0 Å². The van der Waals surface area contributed by atoms with Gasteiger partial charge in [-0.1, -0.05) is 18.2 Å². The molecular formula is C11H12N2O2S. The number of hydrogen-bond acceptors (Lipinski definition) is 3. The Balaban J connectivity index is 2.34. The van der Waals surface area contributed by atoms with E-state index in [0.717, 1.165) is 5.56 Å². The molecule has 0 radical (unpaired) electrons. The summed E-state index contributed by atoms with van der Waals surface area (Å²) in [5, 5.41) is 3.39. The molecule has 1 aromatic carbocycles. The van der Waals surface area contributed by atoms with E-state index in [0.29, 0.717) is 10.7 Å². The summed E-state index contributed by atoms with van der Waals surface area (Å²) in [5.74, 6) is -0.300. The number of benzene rings is 1. The number of nitrogens with one attached hydrogen (secondary N) is 1. The van der Waals surface area contributed by atoms with Gasteiger partial charge < -0.3 is 15.0 Å². The molecule has 1 aliphatic heterocycles. The monoisotopic (exact) mass is 238 g/mol. The Morgan fingerprint density at radius 2 is 2.19 bits per heavy atom. The molecule has 1 heterocycles. The standard InChI is InChI=1S/C11H12N2O2S/c1-12-11(16)13(2)9-7-5-3-4-6-8(7)10(14)15-9/h3-6,9H,1-2H3,(H,12,16)/i14+2. The second-order valence-electron chi connectivity index (χ2n) is 3.51. The Bertz CT molecular complexity index is 447. The van der Waals surface area contributed by atoms with Gasteiger partial charge in [0.15, 0.2) is 5.11 Å². The van der Waals surface area contributed by atoms with E-state index in [4.69, 9.17) is 17.0 Å². The van der Waals surface area contributed by atoms with Gasteiger partial charge in [-0.3, -0.25) is 0 Å². The minimum Gasteiger partial charge on any atom is -0.433 e. The number of nitrogens with zero attached hydrogens (tertiary/aromatic N) is 1. The molecule has 5 heteroatoms. The zero-order valence-corrected chi connectivity index (χ0v) is 9.88. The summed E-state index contributed by atoms with van der Waals surface area (Å²) in [6.45, 7) is 0. The van der Waals surface area contributed by atoms with E-state index in [2.05, 4.69) is 5.32 Å². The van der Waals surface area contributed by atoms with E-state index in [9.17, 15) is 4.79 Å². The fraction of sp³-hybridized carbons (Fsp3) is 0.273. The van der Waals surface area contributed by atoms with Crippen LogP contribution < -0.4 is 5.32 Å². The molecule has 0 aliphatic carbocycles. The van der Waals surface area contributed by atoms with E-state index in [1.165, 1.54) is 0 Å². The molecule has 1 aliphatic rings. The molecule has 1 aromatic rings. The van der Waals surface area contributed by atoms with E-state index < -0.39 is 6.23 Å². The molecule has 0 bridgehead atoms. The molecule has 0 amide bonds. The Morgan fingerprint density at radius 3 is 2.88 bits per heavy atom. The molecule has 84 valence electrons.